The summed E-state index contributed by atoms with van der Waals surface area (Å²) in [5.74, 6) is 1.29. The van der Waals surface area contributed by atoms with Crippen LogP contribution in [0.1, 0.15) is 12.8 Å². The molecule has 1 aliphatic rings. The average Bonchev–Trinajstić information content (AvgIpc) is 2.84. The molecule has 0 spiro atoms. The summed E-state index contributed by atoms with van der Waals surface area (Å²) >= 11 is 0. The normalized spacial score (nSPS) is 17.1. The number of benzene rings is 2. The van der Waals surface area contributed by atoms with Crippen LogP contribution in [0.5, 0.6) is 11.5 Å². The Kier molecular flexibility index (Phi) is 10.8. The van der Waals surface area contributed by atoms with E-state index in [2.05, 4.69) is 16.8 Å². The Morgan fingerprint density at radius 2 is 1.30 bits per heavy atom. The highest BCUT2D eigenvalue weighted by Gasteiger charge is 2.20. The van der Waals surface area contributed by atoms with E-state index in [0.717, 1.165) is 52.2 Å². The van der Waals surface area contributed by atoms with Gasteiger partial charge >= 0.3 is 0 Å². The molecule has 0 aromatic heterocycles. The van der Waals surface area contributed by atoms with E-state index in [1.54, 1.807) is 48.5 Å². The van der Waals surface area contributed by atoms with Crippen LogP contribution in [0.15, 0.2) is 58.3 Å². The van der Waals surface area contributed by atoms with Gasteiger partial charge in [-0.3, -0.25) is 0 Å². The van der Waals surface area contributed by atoms with E-state index in [0.29, 0.717) is 24.7 Å². The summed E-state index contributed by atoms with van der Waals surface area (Å²) in [4.78, 5) is 5.18. The first-order valence-electron chi connectivity index (χ1n) is 12.4. The molecule has 0 amide bonds. The molecule has 0 N–H and O–H groups in total. The number of rotatable bonds is 14. The van der Waals surface area contributed by atoms with Crippen molar-refractivity contribution in [3.8, 4) is 11.5 Å². The van der Waals surface area contributed by atoms with E-state index in [9.17, 15) is 16.8 Å². The van der Waals surface area contributed by atoms with Crippen molar-refractivity contribution >= 4 is 19.7 Å². The molecule has 0 bridgehead atoms. The topological polar surface area (TPSA) is 102 Å². The Balaban J connectivity index is 1.46. The van der Waals surface area contributed by atoms with Gasteiger partial charge in [0.1, 0.15) is 11.5 Å². The fraction of sp³-hybridized carbons (Fsp3) is 0.538. The zero-order chi connectivity index (χ0) is 26.9. The molecule has 1 aliphatic heterocycles. The number of likely N-dealkylation sites (N-methyl/N-ethyl adjacent to an activating group) is 1. The lowest BCUT2D eigenvalue weighted by Gasteiger charge is -2.34. The van der Waals surface area contributed by atoms with Crippen molar-refractivity contribution in [1.82, 2.24) is 9.80 Å². The minimum Gasteiger partial charge on any atom is -0.494 e. The average molecular weight is 555 g/mol. The molecule has 1 atom stereocenters. The molecule has 9 nitrogen and oxygen atoms in total. The smallest absolute Gasteiger partial charge is 0.175 e. The minimum atomic E-state index is -3.22. The van der Waals surface area contributed by atoms with E-state index in [1.807, 2.05) is 0 Å². The number of hydrogen-bond acceptors (Lipinski definition) is 9. The largest absolute Gasteiger partial charge is 0.494 e. The molecule has 11 heteroatoms. The molecular weight excluding hydrogens is 516 g/mol. The van der Waals surface area contributed by atoms with Crippen LogP contribution in [-0.4, -0.2) is 105 Å². The Morgan fingerprint density at radius 3 is 1.70 bits per heavy atom. The van der Waals surface area contributed by atoms with Crippen LogP contribution in [0.3, 0.4) is 0 Å². The van der Waals surface area contributed by atoms with Gasteiger partial charge in [0, 0.05) is 45.2 Å². The molecule has 0 unspecified atom stereocenters. The van der Waals surface area contributed by atoms with Crippen LogP contribution in [0.2, 0.25) is 0 Å². The Bertz CT molecular complexity index is 1100. The zero-order valence-corrected chi connectivity index (χ0v) is 23.5. The minimum absolute atomic E-state index is 0.146. The maximum Gasteiger partial charge on any atom is 0.175 e. The molecule has 206 valence electrons. The first-order valence-corrected chi connectivity index (χ1v) is 16.2. The molecule has 0 radical (unpaired) electrons. The second-order valence-electron chi connectivity index (χ2n) is 9.45. The van der Waals surface area contributed by atoms with Crippen molar-refractivity contribution < 1.29 is 31.0 Å². The van der Waals surface area contributed by atoms with Crippen LogP contribution >= 0.6 is 0 Å². The van der Waals surface area contributed by atoms with Gasteiger partial charge in [-0.2, -0.15) is 0 Å². The van der Waals surface area contributed by atoms with E-state index in [-0.39, 0.29) is 15.9 Å². The molecular formula is C26H38N2O7S2. The Hall–Kier alpha value is -2.18. The number of ether oxygens (including phenoxy) is 3. The quantitative estimate of drug-likeness (QED) is 0.326. The number of morpholine rings is 1. The second kappa shape index (κ2) is 13.6. The summed E-state index contributed by atoms with van der Waals surface area (Å²) in [5, 5.41) is 0. The highest BCUT2D eigenvalue weighted by Crippen LogP contribution is 2.17. The summed E-state index contributed by atoms with van der Waals surface area (Å²) in [5.41, 5.74) is 0. The monoisotopic (exact) mass is 554 g/mol. The molecule has 2 aromatic rings. The molecule has 3 rings (SSSR count). The second-order valence-corrected chi connectivity index (χ2v) is 13.5. The van der Waals surface area contributed by atoms with Gasteiger partial charge in [-0.1, -0.05) is 0 Å². The molecule has 0 saturated carbocycles. The van der Waals surface area contributed by atoms with E-state index in [4.69, 9.17) is 14.2 Å². The van der Waals surface area contributed by atoms with Crippen LogP contribution in [0, 0.1) is 0 Å². The lowest BCUT2D eigenvalue weighted by Crippen LogP contribution is -2.46. The zero-order valence-electron chi connectivity index (χ0n) is 21.8. The molecule has 37 heavy (non-hydrogen) atoms. The van der Waals surface area contributed by atoms with Crippen molar-refractivity contribution in [2.24, 2.45) is 0 Å². The van der Waals surface area contributed by atoms with Gasteiger partial charge in [0.15, 0.2) is 19.7 Å². The molecule has 2 aromatic carbocycles. The SMILES string of the molecule is CN1CCO[C@H](CN(CCCOc2ccc(S(C)(=O)=O)cc2)CCCOc2ccc(S(C)(=O)=O)cc2)C1. The maximum absolute atomic E-state index is 11.6. The van der Waals surface area contributed by atoms with Gasteiger partial charge in [0.05, 0.1) is 35.7 Å². The fourth-order valence-electron chi connectivity index (χ4n) is 4.08. The molecule has 1 heterocycles. The predicted octanol–water partition coefficient (Wildman–Crippen LogP) is 2.36. The third-order valence-electron chi connectivity index (χ3n) is 6.08. The standard InChI is InChI=1S/C26H38N2O7S2/c1-27-16-19-35-24(20-27)21-28(14-4-17-33-22-6-10-25(11-7-22)36(2,29)30)15-5-18-34-23-8-12-26(13-9-23)37(3,31)32/h6-13,24H,4-5,14-21H2,1-3H3/t24-/m0/s1. The van der Waals surface area contributed by atoms with Gasteiger partial charge in [0.25, 0.3) is 0 Å². The number of hydrogen-bond donors (Lipinski definition) is 0. The summed E-state index contributed by atoms with van der Waals surface area (Å²) in [6.45, 7) is 6.07. The van der Waals surface area contributed by atoms with Crippen LogP contribution in [0.4, 0.5) is 0 Å². The van der Waals surface area contributed by atoms with E-state index < -0.39 is 19.7 Å². The summed E-state index contributed by atoms with van der Waals surface area (Å²) in [6.07, 6.45) is 4.14. The van der Waals surface area contributed by atoms with Crippen molar-refractivity contribution in [2.75, 3.05) is 72.1 Å². The summed E-state index contributed by atoms with van der Waals surface area (Å²) < 4.78 is 64.0. The van der Waals surface area contributed by atoms with Gasteiger partial charge in [-0.05, 0) is 68.4 Å². The number of sulfone groups is 2. The first-order chi connectivity index (χ1) is 17.5. The highest BCUT2D eigenvalue weighted by molar-refractivity contribution is 7.91. The lowest BCUT2D eigenvalue weighted by molar-refractivity contribution is -0.0364. The fourth-order valence-corrected chi connectivity index (χ4v) is 5.34. The van der Waals surface area contributed by atoms with Crippen molar-refractivity contribution in [3.63, 3.8) is 0 Å². The third-order valence-corrected chi connectivity index (χ3v) is 8.34. The molecule has 1 saturated heterocycles. The van der Waals surface area contributed by atoms with Crippen LogP contribution in [-0.2, 0) is 24.4 Å². The lowest BCUT2D eigenvalue weighted by atomic mass is 10.2. The highest BCUT2D eigenvalue weighted by atomic mass is 32.2. The van der Waals surface area contributed by atoms with Crippen molar-refractivity contribution in [1.29, 1.82) is 0 Å². The summed E-state index contributed by atoms with van der Waals surface area (Å²) in [6, 6.07) is 13.0. The van der Waals surface area contributed by atoms with Crippen LogP contribution in [0.25, 0.3) is 0 Å². The van der Waals surface area contributed by atoms with Crippen LogP contribution < -0.4 is 9.47 Å². The number of nitrogens with zero attached hydrogens (tertiary/aromatic N) is 2. The van der Waals surface area contributed by atoms with E-state index >= 15 is 0 Å². The van der Waals surface area contributed by atoms with E-state index in [1.165, 1.54) is 12.5 Å². The first kappa shape index (κ1) is 29.4. The summed E-state index contributed by atoms with van der Waals surface area (Å²) in [7, 11) is -4.34. The van der Waals surface area contributed by atoms with Gasteiger partial charge in [-0.15, -0.1) is 0 Å². The molecule has 1 fully saturated rings. The predicted molar refractivity (Wildman–Crippen MR) is 143 cm³/mol. The third kappa shape index (κ3) is 10.2. The van der Waals surface area contributed by atoms with Crippen molar-refractivity contribution in [3.05, 3.63) is 48.5 Å². The maximum atomic E-state index is 11.6. The van der Waals surface area contributed by atoms with Crippen molar-refractivity contribution in [2.45, 2.75) is 28.7 Å². The van der Waals surface area contributed by atoms with Gasteiger partial charge in [-0.25, -0.2) is 16.8 Å². The molecule has 0 aliphatic carbocycles. The van der Waals surface area contributed by atoms with Gasteiger partial charge in [0.2, 0.25) is 0 Å². The Morgan fingerprint density at radius 1 is 0.838 bits per heavy atom. The van der Waals surface area contributed by atoms with Gasteiger partial charge < -0.3 is 24.0 Å². The Labute approximate surface area is 221 Å².